The van der Waals surface area contributed by atoms with Crippen LogP contribution in [-0.4, -0.2) is 24.9 Å². The average molecular weight is 458 g/mol. The fourth-order valence-corrected chi connectivity index (χ4v) is 3.93. The van der Waals surface area contributed by atoms with Gasteiger partial charge < -0.3 is 9.63 Å². The number of aryl methyl sites for hydroxylation is 1. The maximum Gasteiger partial charge on any atom is 0.181 e. The monoisotopic (exact) mass is 457 g/mol. The highest BCUT2D eigenvalue weighted by atomic mass is 79.9. The van der Waals surface area contributed by atoms with Crippen LogP contribution in [0.2, 0.25) is 0 Å². The summed E-state index contributed by atoms with van der Waals surface area (Å²) in [7, 11) is -4.08. The van der Waals surface area contributed by atoms with Crippen molar-refractivity contribution in [3.05, 3.63) is 57.8 Å². The van der Waals surface area contributed by atoms with Gasteiger partial charge in [0.15, 0.2) is 15.6 Å². The van der Waals surface area contributed by atoms with Gasteiger partial charge in [-0.05, 0) is 36.2 Å². The number of aliphatic hydroxyl groups excluding tert-OH is 1. The Morgan fingerprint density at radius 2 is 1.78 bits per heavy atom. The molecule has 9 heteroatoms. The van der Waals surface area contributed by atoms with E-state index in [4.69, 9.17) is 4.52 Å². The molecule has 0 fully saturated rings. The second-order valence-corrected chi connectivity index (χ2v) is 8.80. The van der Waals surface area contributed by atoms with E-state index in [1.165, 1.54) is 0 Å². The van der Waals surface area contributed by atoms with E-state index < -0.39 is 33.0 Å². The Morgan fingerprint density at radius 3 is 2.30 bits per heavy atom. The number of rotatable bonds is 4. The molecule has 0 aliphatic rings. The van der Waals surface area contributed by atoms with E-state index in [9.17, 15) is 22.3 Å². The van der Waals surface area contributed by atoms with E-state index in [1.807, 2.05) is 13.0 Å². The predicted molar refractivity (Wildman–Crippen MR) is 98.8 cm³/mol. The van der Waals surface area contributed by atoms with Gasteiger partial charge in [-0.25, -0.2) is 17.2 Å². The maximum absolute atomic E-state index is 14.3. The van der Waals surface area contributed by atoms with Crippen LogP contribution in [0.4, 0.5) is 8.78 Å². The Morgan fingerprint density at radius 1 is 1.15 bits per heavy atom. The lowest BCUT2D eigenvalue weighted by Gasteiger charge is -2.09. The van der Waals surface area contributed by atoms with Crippen LogP contribution in [0.5, 0.6) is 0 Å². The van der Waals surface area contributed by atoms with Crippen molar-refractivity contribution in [2.45, 2.75) is 18.4 Å². The third-order valence-corrected chi connectivity index (χ3v) is 6.00. The molecule has 0 unspecified atom stereocenters. The fourth-order valence-electron chi connectivity index (χ4n) is 2.73. The number of aromatic nitrogens is 1. The molecule has 1 heterocycles. The van der Waals surface area contributed by atoms with Crippen molar-refractivity contribution in [1.82, 2.24) is 5.16 Å². The highest BCUT2D eigenvalue weighted by Gasteiger charge is 2.25. The Kier molecular flexibility index (Phi) is 5.20. The second-order valence-electron chi connectivity index (χ2n) is 5.99. The lowest BCUT2D eigenvalue weighted by atomic mass is 9.98. The summed E-state index contributed by atoms with van der Waals surface area (Å²) >= 11 is 3.41. The zero-order valence-corrected chi connectivity index (χ0v) is 16.7. The first-order valence-electron chi connectivity index (χ1n) is 7.69. The summed E-state index contributed by atoms with van der Waals surface area (Å²) in [5.41, 5.74) is 2.03. The van der Waals surface area contributed by atoms with Gasteiger partial charge >= 0.3 is 0 Å². The molecule has 0 radical (unpaired) electrons. The number of halogens is 3. The Labute approximate surface area is 162 Å². The molecule has 0 bridgehead atoms. The van der Waals surface area contributed by atoms with Crippen LogP contribution in [0.3, 0.4) is 0 Å². The first-order valence-corrected chi connectivity index (χ1v) is 10.4. The van der Waals surface area contributed by atoms with E-state index in [0.717, 1.165) is 28.4 Å². The van der Waals surface area contributed by atoms with Gasteiger partial charge in [0.1, 0.15) is 28.8 Å². The van der Waals surface area contributed by atoms with Gasteiger partial charge in [0.2, 0.25) is 0 Å². The van der Waals surface area contributed by atoms with Crippen molar-refractivity contribution in [1.29, 1.82) is 0 Å². The molecule has 0 aliphatic heterocycles. The SMILES string of the molecule is Cc1ccc(-c2noc(CO)c2-c2cc(F)c(S(C)(=O)=O)c(F)c2)cc1Br. The summed E-state index contributed by atoms with van der Waals surface area (Å²) < 4.78 is 57.8. The number of hydrogen-bond donors (Lipinski definition) is 1. The number of aliphatic hydroxyl groups is 1. The van der Waals surface area contributed by atoms with E-state index in [0.29, 0.717) is 5.56 Å². The van der Waals surface area contributed by atoms with Gasteiger partial charge in [0.25, 0.3) is 0 Å². The smallest absolute Gasteiger partial charge is 0.181 e. The molecule has 27 heavy (non-hydrogen) atoms. The Hall–Kier alpha value is -2.10. The number of benzene rings is 2. The minimum absolute atomic E-state index is 0.00704. The summed E-state index contributed by atoms with van der Waals surface area (Å²) in [6.07, 6.45) is 0.724. The minimum Gasteiger partial charge on any atom is -0.388 e. The molecule has 0 atom stereocenters. The standard InChI is InChI=1S/C18H14BrF2NO4S/c1-9-3-4-10(5-12(9)19)17-16(15(8-23)26-22-17)11-6-13(20)18(14(21)7-11)27(2,24)25/h3-7,23H,8H2,1-2H3. The van der Waals surface area contributed by atoms with Crippen molar-refractivity contribution in [3.63, 3.8) is 0 Å². The highest BCUT2D eigenvalue weighted by molar-refractivity contribution is 9.10. The van der Waals surface area contributed by atoms with Crippen LogP contribution in [-0.2, 0) is 16.4 Å². The quantitative estimate of drug-likeness (QED) is 0.633. The van der Waals surface area contributed by atoms with Crippen molar-refractivity contribution in [2.24, 2.45) is 0 Å². The topological polar surface area (TPSA) is 80.4 Å². The van der Waals surface area contributed by atoms with E-state index in [1.54, 1.807) is 12.1 Å². The molecule has 0 saturated carbocycles. The molecule has 5 nitrogen and oxygen atoms in total. The van der Waals surface area contributed by atoms with E-state index >= 15 is 0 Å². The van der Waals surface area contributed by atoms with Crippen molar-refractivity contribution >= 4 is 25.8 Å². The first-order chi connectivity index (χ1) is 12.6. The van der Waals surface area contributed by atoms with Gasteiger partial charge in [-0.15, -0.1) is 0 Å². The van der Waals surface area contributed by atoms with Gasteiger partial charge in [0, 0.05) is 16.3 Å². The van der Waals surface area contributed by atoms with Crippen molar-refractivity contribution < 1.29 is 26.8 Å². The fraction of sp³-hybridized carbons (Fsp3) is 0.167. The normalized spacial score (nSPS) is 11.8. The van der Waals surface area contributed by atoms with Crippen LogP contribution < -0.4 is 0 Å². The van der Waals surface area contributed by atoms with Gasteiger partial charge in [0.05, 0.1) is 5.56 Å². The molecule has 0 amide bonds. The van der Waals surface area contributed by atoms with Gasteiger partial charge in [-0.1, -0.05) is 33.2 Å². The zero-order valence-electron chi connectivity index (χ0n) is 14.3. The van der Waals surface area contributed by atoms with Crippen LogP contribution in [0.1, 0.15) is 11.3 Å². The first kappa shape index (κ1) is 19.7. The maximum atomic E-state index is 14.3. The van der Waals surface area contributed by atoms with Crippen LogP contribution in [0, 0.1) is 18.6 Å². The number of hydrogen-bond acceptors (Lipinski definition) is 5. The second kappa shape index (κ2) is 7.14. The van der Waals surface area contributed by atoms with E-state index in [-0.39, 0.29) is 22.6 Å². The predicted octanol–water partition coefficient (Wildman–Crippen LogP) is 4.25. The Balaban J connectivity index is 2.26. The van der Waals surface area contributed by atoms with Gasteiger partial charge in [-0.2, -0.15) is 0 Å². The molecular formula is C18H14BrF2NO4S. The molecular weight excluding hydrogens is 444 g/mol. The third-order valence-electron chi connectivity index (χ3n) is 4.01. The number of nitrogens with zero attached hydrogens (tertiary/aromatic N) is 1. The molecule has 0 spiro atoms. The lowest BCUT2D eigenvalue weighted by molar-refractivity contribution is 0.230. The molecule has 3 aromatic rings. The molecule has 1 N–H and O–H groups in total. The summed E-state index contributed by atoms with van der Waals surface area (Å²) in [6, 6.07) is 7.11. The average Bonchev–Trinajstić information content (AvgIpc) is 2.99. The summed E-state index contributed by atoms with van der Waals surface area (Å²) in [5.74, 6) is -2.45. The molecule has 1 aromatic heterocycles. The molecule has 0 aliphatic carbocycles. The van der Waals surface area contributed by atoms with Crippen LogP contribution in [0.15, 0.2) is 44.2 Å². The van der Waals surface area contributed by atoms with Crippen molar-refractivity contribution in [2.75, 3.05) is 6.26 Å². The Bertz CT molecular complexity index is 1120. The summed E-state index contributed by atoms with van der Waals surface area (Å²) in [6.45, 7) is 1.35. The minimum atomic E-state index is -4.08. The number of sulfone groups is 1. The third kappa shape index (κ3) is 3.67. The zero-order chi connectivity index (χ0) is 19.9. The van der Waals surface area contributed by atoms with Crippen LogP contribution in [0.25, 0.3) is 22.4 Å². The lowest BCUT2D eigenvalue weighted by Crippen LogP contribution is -2.05. The molecule has 0 saturated heterocycles. The van der Waals surface area contributed by atoms with Gasteiger partial charge in [-0.3, -0.25) is 0 Å². The molecule has 2 aromatic carbocycles. The summed E-state index contributed by atoms with van der Waals surface area (Å²) in [4.78, 5) is -1.01. The summed E-state index contributed by atoms with van der Waals surface area (Å²) in [5, 5.41) is 13.5. The largest absolute Gasteiger partial charge is 0.388 e. The van der Waals surface area contributed by atoms with Crippen molar-refractivity contribution in [3.8, 4) is 22.4 Å². The molecule has 3 rings (SSSR count). The highest BCUT2D eigenvalue weighted by Crippen LogP contribution is 2.37. The van der Waals surface area contributed by atoms with E-state index in [2.05, 4.69) is 21.1 Å². The molecule has 142 valence electrons. The van der Waals surface area contributed by atoms with Crippen LogP contribution >= 0.6 is 15.9 Å².